The SMILES string of the molecule is COc1ccc(Cn2cc(C(=O)N(C)C3CC4CCC(C3)N4)cn2)cc1.Cl. The van der Waals surface area contributed by atoms with Crippen molar-refractivity contribution >= 4 is 18.3 Å². The van der Waals surface area contributed by atoms with E-state index in [-0.39, 0.29) is 18.3 Å². The summed E-state index contributed by atoms with van der Waals surface area (Å²) in [7, 11) is 3.59. The van der Waals surface area contributed by atoms with Gasteiger partial charge in [-0.25, -0.2) is 0 Å². The number of piperidine rings is 1. The maximum absolute atomic E-state index is 12.9. The van der Waals surface area contributed by atoms with E-state index < -0.39 is 0 Å². The van der Waals surface area contributed by atoms with Gasteiger partial charge in [-0.3, -0.25) is 9.48 Å². The van der Waals surface area contributed by atoms with E-state index in [0.717, 1.165) is 24.2 Å². The normalized spacial score (nSPS) is 23.6. The summed E-state index contributed by atoms with van der Waals surface area (Å²) in [4.78, 5) is 14.8. The second-order valence-electron chi connectivity index (χ2n) is 7.45. The first-order valence-electron chi connectivity index (χ1n) is 9.31. The molecule has 1 aromatic carbocycles. The third-order valence-electron chi connectivity index (χ3n) is 5.70. The van der Waals surface area contributed by atoms with Crippen LogP contribution in [0.4, 0.5) is 0 Å². The van der Waals surface area contributed by atoms with E-state index in [1.165, 1.54) is 12.8 Å². The third-order valence-corrected chi connectivity index (χ3v) is 5.70. The monoisotopic (exact) mass is 390 g/mol. The second-order valence-corrected chi connectivity index (χ2v) is 7.45. The highest BCUT2D eigenvalue weighted by Gasteiger charge is 2.36. The van der Waals surface area contributed by atoms with E-state index in [2.05, 4.69) is 10.4 Å². The zero-order chi connectivity index (χ0) is 18.1. The van der Waals surface area contributed by atoms with E-state index >= 15 is 0 Å². The maximum Gasteiger partial charge on any atom is 0.257 e. The van der Waals surface area contributed by atoms with Gasteiger partial charge in [0.1, 0.15) is 5.75 Å². The van der Waals surface area contributed by atoms with Gasteiger partial charge in [-0.1, -0.05) is 12.1 Å². The molecule has 2 aromatic rings. The van der Waals surface area contributed by atoms with Gasteiger partial charge in [0, 0.05) is 31.4 Å². The Hall–Kier alpha value is -2.05. The minimum Gasteiger partial charge on any atom is -0.497 e. The molecule has 0 spiro atoms. The molecule has 1 aromatic heterocycles. The van der Waals surface area contributed by atoms with Crippen molar-refractivity contribution in [3.8, 4) is 5.75 Å². The number of hydrogen-bond donors (Lipinski definition) is 1. The number of hydrogen-bond acceptors (Lipinski definition) is 4. The van der Waals surface area contributed by atoms with Gasteiger partial charge in [0.25, 0.3) is 5.91 Å². The van der Waals surface area contributed by atoms with Gasteiger partial charge in [0.05, 0.1) is 25.4 Å². The fourth-order valence-corrected chi connectivity index (χ4v) is 4.19. The van der Waals surface area contributed by atoms with Gasteiger partial charge in [-0.05, 0) is 43.4 Å². The van der Waals surface area contributed by atoms with Crippen molar-refractivity contribution in [2.24, 2.45) is 0 Å². The molecule has 2 fully saturated rings. The van der Waals surface area contributed by atoms with E-state index in [4.69, 9.17) is 4.74 Å². The lowest BCUT2D eigenvalue weighted by atomic mass is 9.98. The molecule has 2 unspecified atom stereocenters. The van der Waals surface area contributed by atoms with Crippen molar-refractivity contribution in [2.45, 2.75) is 50.4 Å². The Labute approximate surface area is 166 Å². The second kappa shape index (κ2) is 8.31. The number of nitrogens with zero attached hydrogens (tertiary/aromatic N) is 3. The summed E-state index contributed by atoms with van der Waals surface area (Å²) in [5.41, 5.74) is 1.78. The van der Waals surface area contributed by atoms with Crippen molar-refractivity contribution in [1.29, 1.82) is 0 Å². The molecular weight excluding hydrogens is 364 g/mol. The highest BCUT2D eigenvalue weighted by atomic mass is 35.5. The summed E-state index contributed by atoms with van der Waals surface area (Å²) < 4.78 is 7.00. The molecule has 3 heterocycles. The molecule has 2 saturated heterocycles. The first-order valence-corrected chi connectivity index (χ1v) is 9.31. The number of ether oxygens (including phenoxy) is 1. The average molecular weight is 391 g/mol. The predicted molar refractivity (Wildman–Crippen MR) is 107 cm³/mol. The van der Waals surface area contributed by atoms with Crippen LogP contribution in [0.15, 0.2) is 36.7 Å². The Balaban J connectivity index is 0.00000210. The zero-order valence-electron chi connectivity index (χ0n) is 15.8. The van der Waals surface area contributed by atoms with Crippen molar-refractivity contribution in [3.63, 3.8) is 0 Å². The molecule has 2 aliphatic rings. The molecule has 4 rings (SSSR count). The van der Waals surface area contributed by atoms with Gasteiger partial charge in [-0.15, -0.1) is 12.4 Å². The highest BCUT2D eigenvalue weighted by Crippen LogP contribution is 2.29. The summed E-state index contributed by atoms with van der Waals surface area (Å²) >= 11 is 0. The number of methoxy groups -OCH3 is 1. The standard InChI is InChI=1S/C20H26N4O2.ClH/c1-23(18-9-16-5-6-17(10-18)22-16)20(25)15-11-21-24(13-15)12-14-3-7-19(26-2)8-4-14;/h3-4,7-8,11,13,16-18,22H,5-6,9-10,12H2,1-2H3;1H. The molecule has 2 aliphatic heterocycles. The minimum atomic E-state index is 0. The number of carbonyl (C=O) groups excluding carboxylic acids is 1. The summed E-state index contributed by atoms with van der Waals surface area (Å²) in [5.74, 6) is 0.903. The van der Waals surface area contributed by atoms with Gasteiger partial charge < -0.3 is 15.0 Å². The molecule has 2 bridgehead atoms. The van der Waals surface area contributed by atoms with E-state index in [1.807, 2.05) is 47.1 Å². The first kappa shape index (κ1) is 19.7. The van der Waals surface area contributed by atoms with Crippen LogP contribution in [0.25, 0.3) is 0 Å². The Kier molecular flexibility index (Phi) is 6.07. The summed E-state index contributed by atoms with van der Waals surface area (Å²) in [6.45, 7) is 0.637. The van der Waals surface area contributed by atoms with E-state index in [9.17, 15) is 4.79 Å². The molecule has 27 heavy (non-hydrogen) atoms. The molecule has 0 aliphatic carbocycles. The number of halogens is 1. The number of carbonyl (C=O) groups is 1. The lowest BCUT2D eigenvalue weighted by molar-refractivity contribution is 0.0681. The van der Waals surface area contributed by atoms with Crippen molar-refractivity contribution in [2.75, 3.05) is 14.2 Å². The molecule has 0 radical (unpaired) electrons. The number of rotatable bonds is 5. The third kappa shape index (κ3) is 4.28. The van der Waals surface area contributed by atoms with Gasteiger partial charge in [-0.2, -0.15) is 5.10 Å². The Morgan fingerprint density at radius 3 is 2.56 bits per heavy atom. The smallest absolute Gasteiger partial charge is 0.257 e. The van der Waals surface area contributed by atoms with Crippen molar-refractivity contribution < 1.29 is 9.53 Å². The van der Waals surface area contributed by atoms with Crippen molar-refractivity contribution in [1.82, 2.24) is 20.0 Å². The van der Waals surface area contributed by atoms with Crippen LogP contribution >= 0.6 is 12.4 Å². The van der Waals surface area contributed by atoms with Crippen LogP contribution in [0.1, 0.15) is 41.6 Å². The summed E-state index contributed by atoms with van der Waals surface area (Å²) in [6.07, 6.45) is 8.11. The number of nitrogens with one attached hydrogen (secondary N) is 1. The number of fused-ring (bicyclic) bond motifs is 2. The summed E-state index contributed by atoms with van der Waals surface area (Å²) in [6, 6.07) is 9.37. The predicted octanol–water partition coefficient (Wildman–Crippen LogP) is 2.72. The topological polar surface area (TPSA) is 59.4 Å². The molecule has 1 amide bonds. The first-order chi connectivity index (χ1) is 12.6. The van der Waals surface area contributed by atoms with Gasteiger partial charge in [0.15, 0.2) is 0 Å². The molecule has 1 N–H and O–H groups in total. The maximum atomic E-state index is 12.9. The van der Waals surface area contributed by atoms with Crippen LogP contribution in [-0.2, 0) is 6.54 Å². The van der Waals surface area contributed by atoms with Crippen LogP contribution in [-0.4, -0.2) is 52.9 Å². The lowest BCUT2D eigenvalue weighted by Gasteiger charge is -2.35. The number of aromatic nitrogens is 2. The van der Waals surface area contributed by atoms with Gasteiger partial charge >= 0.3 is 0 Å². The fraction of sp³-hybridized carbons (Fsp3) is 0.500. The fourth-order valence-electron chi connectivity index (χ4n) is 4.19. The molecule has 0 saturated carbocycles. The van der Waals surface area contributed by atoms with Crippen molar-refractivity contribution in [3.05, 3.63) is 47.8 Å². The van der Waals surface area contributed by atoms with Crippen LogP contribution in [0, 0.1) is 0 Å². The largest absolute Gasteiger partial charge is 0.497 e. The van der Waals surface area contributed by atoms with Crippen LogP contribution in [0.2, 0.25) is 0 Å². The highest BCUT2D eigenvalue weighted by molar-refractivity contribution is 5.93. The van der Waals surface area contributed by atoms with Crippen LogP contribution in [0.3, 0.4) is 0 Å². The Bertz CT molecular complexity index is 765. The van der Waals surface area contributed by atoms with E-state index in [1.54, 1.807) is 13.3 Å². The van der Waals surface area contributed by atoms with Crippen LogP contribution < -0.4 is 10.1 Å². The molecular formula is C20H27ClN4O2. The Morgan fingerprint density at radius 2 is 1.93 bits per heavy atom. The average Bonchev–Trinajstić information content (AvgIpc) is 3.27. The minimum absolute atomic E-state index is 0. The lowest BCUT2D eigenvalue weighted by Crippen LogP contribution is -2.48. The zero-order valence-corrected chi connectivity index (χ0v) is 16.6. The molecule has 146 valence electrons. The Morgan fingerprint density at radius 1 is 1.26 bits per heavy atom. The number of benzene rings is 1. The number of amides is 1. The van der Waals surface area contributed by atoms with Crippen LogP contribution in [0.5, 0.6) is 5.75 Å². The van der Waals surface area contributed by atoms with E-state index in [0.29, 0.717) is 30.2 Å². The molecule has 6 nitrogen and oxygen atoms in total. The molecule has 2 atom stereocenters. The summed E-state index contributed by atoms with van der Waals surface area (Å²) in [5, 5.41) is 8.00. The van der Waals surface area contributed by atoms with Gasteiger partial charge in [0.2, 0.25) is 0 Å². The quantitative estimate of drug-likeness (QED) is 0.852. The molecule has 7 heteroatoms.